The Bertz CT molecular complexity index is 393. The van der Waals surface area contributed by atoms with Crippen molar-refractivity contribution in [1.29, 1.82) is 0 Å². The van der Waals surface area contributed by atoms with E-state index in [0.29, 0.717) is 5.56 Å². The Morgan fingerprint density at radius 1 is 1.05 bits per heavy atom. The van der Waals surface area contributed by atoms with E-state index >= 15 is 0 Å². The molecule has 0 aromatic heterocycles. The highest BCUT2D eigenvalue weighted by atomic mass is 35.5. The predicted molar refractivity (Wildman–Crippen MR) is 70.3 cm³/mol. The number of hydrogen-bond acceptors (Lipinski definition) is 1. The summed E-state index contributed by atoms with van der Waals surface area (Å²) in [6, 6.07) is 5.98. The molecule has 0 saturated heterocycles. The first-order valence-electron chi connectivity index (χ1n) is 5.95. The second-order valence-electron chi connectivity index (χ2n) is 4.38. The van der Waals surface area contributed by atoms with Crippen LogP contribution < -0.4 is 5.32 Å². The summed E-state index contributed by atoms with van der Waals surface area (Å²) in [5.74, 6) is -4.75. The quantitative estimate of drug-likeness (QED) is 0.774. The normalized spacial score (nSPS) is 15.3. The first-order chi connectivity index (χ1) is 8.70. The molecule has 7 heteroatoms. The minimum atomic E-state index is -5.54. The predicted octanol–water partition coefficient (Wildman–Crippen LogP) is 4.74. The molecule has 20 heavy (non-hydrogen) atoms. The van der Waals surface area contributed by atoms with E-state index in [1.54, 1.807) is 37.3 Å². The molecule has 0 spiro atoms. The summed E-state index contributed by atoms with van der Waals surface area (Å²) in [4.78, 5) is 0. The van der Waals surface area contributed by atoms with Crippen LogP contribution in [-0.4, -0.2) is 18.1 Å². The molecule has 1 unspecified atom stereocenters. The standard InChI is InChI=1S/C13H16F5N.ClH/c1-3-11(12(14,15)13(16,17)18)19-9(2)10-7-5-4-6-8-10;/h4-9,11,19H,3H2,1-2H3;1H/t9-,11?;/m0./s1. The Balaban J connectivity index is 0.00000361. The van der Waals surface area contributed by atoms with E-state index in [-0.39, 0.29) is 18.8 Å². The van der Waals surface area contributed by atoms with Gasteiger partial charge in [0.1, 0.15) is 0 Å². The SMILES string of the molecule is CCC(N[C@@H](C)c1ccccc1)C(F)(F)C(F)(F)F.Cl. The number of rotatable bonds is 5. The molecule has 0 aliphatic heterocycles. The van der Waals surface area contributed by atoms with Crippen molar-refractivity contribution in [2.75, 3.05) is 0 Å². The molecule has 0 heterocycles. The first-order valence-corrected chi connectivity index (χ1v) is 5.95. The van der Waals surface area contributed by atoms with Crippen LogP contribution in [0.4, 0.5) is 22.0 Å². The lowest BCUT2D eigenvalue weighted by Gasteiger charge is -2.31. The van der Waals surface area contributed by atoms with Crippen LogP contribution in [0, 0.1) is 0 Å². The zero-order valence-corrected chi connectivity index (χ0v) is 11.9. The van der Waals surface area contributed by atoms with E-state index in [0.717, 1.165) is 0 Å². The minimum absolute atomic E-state index is 0. The number of hydrogen-bond donors (Lipinski definition) is 1. The van der Waals surface area contributed by atoms with Crippen molar-refractivity contribution in [3.05, 3.63) is 35.9 Å². The second-order valence-corrected chi connectivity index (χ2v) is 4.38. The van der Waals surface area contributed by atoms with Gasteiger partial charge in [0.05, 0.1) is 6.04 Å². The summed E-state index contributed by atoms with van der Waals surface area (Å²) in [6.07, 6.45) is -5.86. The van der Waals surface area contributed by atoms with Crippen molar-refractivity contribution in [2.24, 2.45) is 0 Å². The van der Waals surface area contributed by atoms with E-state index in [1.165, 1.54) is 6.92 Å². The molecule has 0 radical (unpaired) electrons. The van der Waals surface area contributed by atoms with Crippen LogP contribution in [0.15, 0.2) is 30.3 Å². The van der Waals surface area contributed by atoms with E-state index in [9.17, 15) is 22.0 Å². The number of benzene rings is 1. The Labute approximate surface area is 121 Å². The zero-order chi connectivity index (χ0) is 14.7. The van der Waals surface area contributed by atoms with Crippen LogP contribution in [0.2, 0.25) is 0 Å². The van der Waals surface area contributed by atoms with Crippen molar-refractivity contribution in [1.82, 2.24) is 5.32 Å². The Kier molecular flexibility index (Phi) is 6.90. The fourth-order valence-electron chi connectivity index (χ4n) is 1.82. The van der Waals surface area contributed by atoms with Gasteiger partial charge in [-0.1, -0.05) is 37.3 Å². The third kappa shape index (κ3) is 4.31. The topological polar surface area (TPSA) is 12.0 Å². The minimum Gasteiger partial charge on any atom is -0.302 e. The first kappa shape index (κ1) is 19.1. The summed E-state index contributed by atoms with van der Waals surface area (Å²) in [5.41, 5.74) is 0.666. The highest BCUT2D eigenvalue weighted by Gasteiger charge is 2.61. The van der Waals surface area contributed by atoms with Gasteiger partial charge in [0, 0.05) is 6.04 Å². The molecule has 0 amide bonds. The Morgan fingerprint density at radius 3 is 1.95 bits per heavy atom. The smallest absolute Gasteiger partial charge is 0.302 e. The van der Waals surface area contributed by atoms with E-state index in [4.69, 9.17) is 0 Å². The van der Waals surface area contributed by atoms with E-state index in [2.05, 4.69) is 5.32 Å². The van der Waals surface area contributed by atoms with Crippen molar-refractivity contribution in [3.63, 3.8) is 0 Å². The van der Waals surface area contributed by atoms with Gasteiger partial charge in [0.25, 0.3) is 0 Å². The fourth-order valence-corrected chi connectivity index (χ4v) is 1.82. The van der Waals surface area contributed by atoms with Crippen LogP contribution in [0.5, 0.6) is 0 Å². The van der Waals surface area contributed by atoms with Gasteiger partial charge in [-0.3, -0.25) is 0 Å². The average molecular weight is 318 g/mol. The third-order valence-electron chi connectivity index (χ3n) is 2.97. The van der Waals surface area contributed by atoms with Gasteiger partial charge in [-0.25, -0.2) is 0 Å². The molecule has 1 aromatic carbocycles. The van der Waals surface area contributed by atoms with Gasteiger partial charge in [-0.2, -0.15) is 22.0 Å². The molecule has 0 fully saturated rings. The van der Waals surface area contributed by atoms with Crippen molar-refractivity contribution in [2.45, 2.75) is 44.5 Å². The lowest BCUT2D eigenvalue weighted by Crippen LogP contribution is -2.54. The maximum absolute atomic E-state index is 13.3. The highest BCUT2D eigenvalue weighted by Crippen LogP contribution is 2.39. The third-order valence-corrected chi connectivity index (χ3v) is 2.97. The second kappa shape index (κ2) is 7.22. The maximum atomic E-state index is 13.3. The monoisotopic (exact) mass is 317 g/mol. The van der Waals surface area contributed by atoms with Crippen LogP contribution in [0.1, 0.15) is 31.9 Å². The lowest BCUT2D eigenvalue weighted by molar-refractivity contribution is -0.293. The van der Waals surface area contributed by atoms with Crippen molar-refractivity contribution >= 4 is 12.4 Å². The van der Waals surface area contributed by atoms with E-state index in [1.807, 2.05) is 0 Å². The summed E-state index contributed by atoms with van der Waals surface area (Å²) in [7, 11) is 0. The van der Waals surface area contributed by atoms with Crippen LogP contribution in [0.25, 0.3) is 0 Å². The van der Waals surface area contributed by atoms with Crippen molar-refractivity contribution < 1.29 is 22.0 Å². The van der Waals surface area contributed by atoms with E-state index < -0.39 is 24.2 Å². The lowest BCUT2D eigenvalue weighted by atomic mass is 10.0. The van der Waals surface area contributed by atoms with Crippen LogP contribution >= 0.6 is 12.4 Å². The molecule has 1 rings (SSSR count). The maximum Gasteiger partial charge on any atom is 0.454 e. The summed E-state index contributed by atoms with van der Waals surface area (Å²) < 4.78 is 63.6. The molecule has 0 aliphatic carbocycles. The van der Waals surface area contributed by atoms with Gasteiger partial charge >= 0.3 is 12.1 Å². The molecule has 2 atom stereocenters. The molecular weight excluding hydrogens is 301 g/mol. The summed E-state index contributed by atoms with van der Waals surface area (Å²) in [6.45, 7) is 2.86. The van der Waals surface area contributed by atoms with Crippen molar-refractivity contribution in [3.8, 4) is 0 Å². The molecule has 0 bridgehead atoms. The molecule has 1 aromatic rings. The summed E-state index contributed by atoms with van der Waals surface area (Å²) >= 11 is 0. The number of alkyl halides is 5. The van der Waals surface area contributed by atoms with Gasteiger partial charge in [0.15, 0.2) is 0 Å². The number of nitrogens with one attached hydrogen (secondary N) is 1. The molecular formula is C13H17ClF5N. The molecule has 116 valence electrons. The highest BCUT2D eigenvalue weighted by molar-refractivity contribution is 5.85. The fraction of sp³-hybridized carbons (Fsp3) is 0.538. The molecule has 0 saturated carbocycles. The molecule has 0 aliphatic rings. The molecule has 1 N–H and O–H groups in total. The van der Waals surface area contributed by atoms with Gasteiger partial charge < -0.3 is 5.32 Å². The summed E-state index contributed by atoms with van der Waals surface area (Å²) in [5, 5.41) is 2.36. The average Bonchev–Trinajstić information content (AvgIpc) is 2.35. The van der Waals surface area contributed by atoms with Crippen LogP contribution in [0.3, 0.4) is 0 Å². The van der Waals surface area contributed by atoms with Gasteiger partial charge in [0.2, 0.25) is 0 Å². The van der Waals surface area contributed by atoms with Crippen LogP contribution in [-0.2, 0) is 0 Å². The molecule has 1 nitrogen and oxygen atoms in total. The van der Waals surface area contributed by atoms with Gasteiger partial charge in [-0.05, 0) is 18.9 Å². The Morgan fingerprint density at radius 2 is 1.55 bits per heavy atom. The zero-order valence-electron chi connectivity index (χ0n) is 11.0. The largest absolute Gasteiger partial charge is 0.454 e. The number of halogens is 6. The van der Waals surface area contributed by atoms with Gasteiger partial charge in [-0.15, -0.1) is 12.4 Å². The Hall–Kier alpha value is -0.880.